The van der Waals surface area contributed by atoms with E-state index in [1.165, 1.54) is 0 Å². The van der Waals surface area contributed by atoms with Gasteiger partial charge in [-0.1, -0.05) is 25.5 Å². The average molecular weight is 360 g/mol. The summed E-state index contributed by atoms with van der Waals surface area (Å²) in [7, 11) is 0. The van der Waals surface area contributed by atoms with Gasteiger partial charge in [-0.2, -0.15) is 0 Å². The fourth-order valence-corrected chi connectivity index (χ4v) is 3.37. The summed E-state index contributed by atoms with van der Waals surface area (Å²) in [5.41, 5.74) is 1.83. The number of aromatic nitrogens is 2. The van der Waals surface area contributed by atoms with Gasteiger partial charge in [-0.25, -0.2) is 4.98 Å². The number of benzene rings is 1. The maximum atomic E-state index is 13.3. The number of hydrogen-bond acceptors (Lipinski definition) is 3. The Bertz CT molecular complexity index is 964. The summed E-state index contributed by atoms with van der Waals surface area (Å²) >= 11 is 0. The lowest BCUT2D eigenvalue weighted by Crippen LogP contribution is -2.51. The van der Waals surface area contributed by atoms with E-state index in [2.05, 4.69) is 10.3 Å². The van der Waals surface area contributed by atoms with E-state index in [-0.39, 0.29) is 11.8 Å². The van der Waals surface area contributed by atoms with Crippen LogP contribution in [0, 0.1) is 0 Å². The SMILES string of the molecule is CCCC1C(=O)Nc2ccccc2N1C(=O)c1ccc(-n2cccc2)nc1. The van der Waals surface area contributed by atoms with Crippen molar-refractivity contribution in [2.75, 3.05) is 10.2 Å². The van der Waals surface area contributed by atoms with Gasteiger partial charge >= 0.3 is 0 Å². The van der Waals surface area contributed by atoms with Crippen LogP contribution in [0.15, 0.2) is 67.1 Å². The minimum atomic E-state index is -0.526. The van der Waals surface area contributed by atoms with Crippen LogP contribution in [0.5, 0.6) is 0 Å². The largest absolute Gasteiger partial charge is 0.322 e. The zero-order chi connectivity index (χ0) is 18.8. The standard InChI is InChI=1S/C21H20N4O2/c1-2-7-18-20(26)23-16-8-3-4-9-17(16)25(18)21(27)15-10-11-19(22-14-15)24-12-5-6-13-24/h3-6,8-14,18H,2,7H2,1H3,(H,23,26). The molecule has 0 fully saturated rings. The van der Waals surface area contributed by atoms with Gasteiger partial charge in [0, 0.05) is 18.6 Å². The van der Waals surface area contributed by atoms with E-state index in [1.807, 2.05) is 60.3 Å². The van der Waals surface area contributed by atoms with Crippen LogP contribution < -0.4 is 10.2 Å². The van der Waals surface area contributed by atoms with Gasteiger partial charge in [0.2, 0.25) is 5.91 Å². The number of nitrogens with one attached hydrogen (secondary N) is 1. The topological polar surface area (TPSA) is 67.2 Å². The quantitative estimate of drug-likeness (QED) is 0.772. The van der Waals surface area contributed by atoms with Gasteiger partial charge in [-0.15, -0.1) is 0 Å². The van der Waals surface area contributed by atoms with E-state index in [9.17, 15) is 9.59 Å². The van der Waals surface area contributed by atoms with Crippen molar-refractivity contribution in [3.05, 3.63) is 72.7 Å². The van der Waals surface area contributed by atoms with E-state index in [1.54, 1.807) is 23.2 Å². The smallest absolute Gasteiger partial charge is 0.260 e. The first-order valence-corrected chi connectivity index (χ1v) is 9.02. The van der Waals surface area contributed by atoms with Crippen molar-refractivity contribution < 1.29 is 9.59 Å². The first-order valence-electron chi connectivity index (χ1n) is 9.02. The van der Waals surface area contributed by atoms with Crippen LogP contribution in [-0.2, 0) is 4.79 Å². The van der Waals surface area contributed by atoms with Crippen molar-refractivity contribution in [3.63, 3.8) is 0 Å². The molecular formula is C21H20N4O2. The van der Waals surface area contributed by atoms with Gasteiger partial charge in [0.05, 0.1) is 16.9 Å². The number of anilines is 2. The van der Waals surface area contributed by atoms with Crippen molar-refractivity contribution in [1.29, 1.82) is 0 Å². The molecule has 2 aromatic heterocycles. The Balaban J connectivity index is 1.71. The molecule has 6 heteroatoms. The van der Waals surface area contributed by atoms with Crippen LogP contribution in [0.2, 0.25) is 0 Å². The second kappa shape index (κ2) is 7.07. The van der Waals surface area contributed by atoms with Gasteiger partial charge < -0.3 is 9.88 Å². The van der Waals surface area contributed by atoms with Crippen molar-refractivity contribution in [3.8, 4) is 5.82 Å². The molecule has 0 saturated heterocycles. The molecule has 3 aromatic rings. The minimum absolute atomic E-state index is 0.152. The number of carbonyl (C=O) groups excluding carboxylic acids is 2. The van der Waals surface area contributed by atoms with Gasteiger partial charge in [0.1, 0.15) is 11.9 Å². The summed E-state index contributed by atoms with van der Waals surface area (Å²) < 4.78 is 1.87. The van der Waals surface area contributed by atoms with Crippen LogP contribution >= 0.6 is 0 Å². The monoisotopic (exact) mass is 360 g/mol. The van der Waals surface area contributed by atoms with E-state index in [4.69, 9.17) is 0 Å². The highest BCUT2D eigenvalue weighted by atomic mass is 16.2. The molecule has 1 N–H and O–H groups in total. The van der Waals surface area contributed by atoms with E-state index in [0.717, 1.165) is 17.9 Å². The number of amides is 2. The molecule has 1 aliphatic heterocycles. The molecule has 4 rings (SSSR count). The number of carbonyl (C=O) groups is 2. The van der Waals surface area contributed by atoms with Crippen molar-refractivity contribution in [2.24, 2.45) is 0 Å². The van der Waals surface area contributed by atoms with Crippen molar-refractivity contribution in [1.82, 2.24) is 9.55 Å². The van der Waals surface area contributed by atoms with Crippen molar-refractivity contribution in [2.45, 2.75) is 25.8 Å². The van der Waals surface area contributed by atoms with Crippen LogP contribution in [0.4, 0.5) is 11.4 Å². The zero-order valence-corrected chi connectivity index (χ0v) is 15.0. The Morgan fingerprint density at radius 3 is 2.59 bits per heavy atom. The number of hydrogen-bond donors (Lipinski definition) is 1. The van der Waals surface area contributed by atoms with E-state index < -0.39 is 6.04 Å². The summed E-state index contributed by atoms with van der Waals surface area (Å²) in [6, 6.07) is 14.2. The molecule has 3 heterocycles. The molecule has 0 radical (unpaired) electrons. The summed E-state index contributed by atoms with van der Waals surface area (Å²) in [4.78, 5) is 31.9. The molecule has 1 aliphatic rings. The molecule has 1 unspecified atom stereocenters. The number of rotatable bonds is 4. The molecule has 1 aromatic carbocycles. The molecule has 2 amide bonds. The van der Waals surface area contributed by atoms with Crippen LogP contribution in [-0.4, -0.2) is 27.4 Å². The van der Waals surface area contributed by atoms with Gasteiger partial charge in [0.25, 0.3) is 5.91 Å². The normalized spacial score (nSPS) is 16.0. The first kappa shape index (κ1) is 17.0. The van der Waals surface area contributed by atoms with Gasteiger partial charge in [-0.3, -0.25) is 14.5 Å². The molecule has 136 valence electrons. The molecule has 0 bridgehead atoms. The second-order valence-electron chi connectivity index (χ2n) is 6.48. The lowest BCUT2D eigenvalue weighted by molar-refractivity contribution is -0.117. The number of para-hydroxylation sites is 2. The van der Waals surface area contributed by atoms with Crippen LogP contribution in [0.25, 0.3) is 5.82 Å². The first-order chi connectivity index (χ1) is 13.2. The summed E-state index contributed by atoms with van der Waals surface area (Å²) in [5.74, 6) is 0.363. The lowest BCUT2D eigenvalue weighted by atomic mass is 10.0. The predicted molar refractivity (Wildman–Crippen MR) is 104 cm³/mol. The van der Waals surface area contributed by atoms with Crippen LogP contribution in [0.1, 0.15) is 30.1 Å². The Morgan fingerprint density at radius 2 is 1.89 bits per heavy atom. The molecule has 1 atom stereocenters. The molecule has 0 aliphatic carbocycles. The number of nitrogens with zero attached hydrogens (tertiary/aromatic N) is 3. The maximum Gasteiger partial charge on any atom is 0.260 e. The fourth-order valence-electron chi connectivity index (χ4n) is 3.37. The molecule has 6 nitrogen and oxygen atoms in total. The highest BCUT2D eigenvalue weighted by Gasteiger charge is 2.36. The number of pyridine rings is 1. The molecular weight excluding hydrogens is 340 g/mol. The van der Waals surface area contributed by atoms with Crippen molar-refractivity contribution >= 4 is 23.2 Å². The predicted octanol–water partition coefficient (Wildman–Crippen LogP) is 3.64. The lowest BCUT2D eigenvalue weighted by Gasteiger charge is -2.36. The van der Waals surface area contributed by atoms with E-state index in [0.29, 0.717) is 17.7 Å². The highest BCUT2D eigenvalue weighted by molar-refractivity contribution is 6.16. The minimum Gasteiger partial charge on any atom is -0.322 e. The zero-order valence-electron chi connectivity index (χ0n) is 15.0. The average Bonchev–Trinajstić information content (AvgIpc) is 3.23. The Hall–Kier alpha value is -3.41. The fraction of sp³-hybridized carbons (Fsp3) is 0.190. The third-order valence-electron chi connectivity index (χ3n) is 4.68. The van der Waals surface area contributed by atoms with Gasteiger partial charge in [0.15, 0.2) is 0 Å². The van der Waals surface area contributed by atoms with Crippen LogP contribution in [0.3, 0.4) is 0 Å². The Morgan fingerprint density at radius 1 is 1.11 bits per heavy atom. The third kappa shape index (κ3) is 3.10. The third-order valence-corrected chi connectivity index (χ3v) is 4.68. The molecule has 0 saturated carbocycles. The van der Waals surface area contributed by atoms with E-state index >= 15 is 0 Å². The summed E-state index contributed by atoms with van der Waals surface area (Å²) in [6.45, 7) is 2.00. The molecule has 0 spiro atoms. The maximum absolute atomic E-state index is 13.3. The van der Waals surface area contributed by atoms with Gasteiger partial charge in [-0.05, 0) is 42.8 Å². The number of fused-ring (bicyclic) bond motifs is 1. The Kier molecular flexibility index (Phi) is 4.46. The summed E-state index contributed by atoms with van der Waals surface area (Å²) in [6.07, 6.45) is 6.75. The molecule has 27 heavy (non-hydrogen) atoms. The second-order valence-corrected chi connectivity index (χ2v) is 6.48. The Labute approximate surface area is 157 Å². The summed E-state index contributed by atoms with van der Waals surface area (Å²) in [5, 5.41) is 2.91. The highest BCUT2D eigenvalue weighted by Crippen LogP contribution is 2.34.